The third kappa shape index (κ3) is 2.02. The quantitative estimate of drug-likeness (QED) is 0.753. The van der Waals surface area contributed by atoms with E-state index in [0.717, 1.165) is 19.4 Å². The highest BCUT2D eigenvalue weighted by Crippen LogP contribution is 2.29. The van der Waals surface area contributed by atoms with Crippen molar-refractivity contribution >= 4 is 0 Å². The first-order valence-electron chi connectivity index (χ1n) is 5.35. The van der Waals surface area contributed by atoms with Crippen molar-refractivity contribution in [3.8, 4) is 0 Å². The highest BCUT2D eigenvalue weighted by Gasteiger charge is 2.22. The summed E-state index contributed by atoms with van der Waals surface area (Å²) < 4.78 is 27.3. The zero-order valence-electron chi connectivity index (χ0n) is 8.82. The normalized spacial score (nSPS) is 21.7. The topological polar surface area (TPSA) is 12.0 Å². The van der Waals surface area contributed by atoms with Gasteiger partial charge in [0.25, 0.3) is 0 Å². The summed E-state index contributed by atoms with van der Waals surface area (Å²) in [5.41, 5.74) is 0.791. The van der Waals surface area contributed by atoms with E-state index in [-0.39, 0.29) is 17.3 Å². The van der Waals surface area contributed by atoms with Crippen LogP contribution in [0.4, 0.5) is 8.78 Å². The smallest absolute Gasteiger partial charge is 0.132 e. The molecular formula is C12H15F2N. The Kier molecular flexibility index (Phi) is 3.00. The molecule has 0 spiro atoms. The van der Waals surface area contributed by atoms with Crippen LogP contribution >= 0.6 is 0 Å². The number of hydrogen-bond donors (Lipinski definition) is 1. The van der Waals surface area contributed by atoms with Crippen LogP contribution in [0.2, 0.25) is 0 Å². The van der Waals surface area contributed by atoms with Crippen LogP contribution in [0.15, 0.2) is 12.1 Å². The van der Waals surface area contributed by atoms with Gasteiger partial charge in [-0.2, -0.15) is 0 Å². The fraction of sp³-hybridized carbons (Fsp3) is 0.500. The molecule has 1 heterocycles. The number of piperidine rings is 1. The third-order valence-electron chi connectivity index (χ3n) is 3.02. The fourth-order valence-electron chi connectivity index (χ4n) is 2.15. The summed E-state index contributed by atoms with van der Waals surface area (Å²) in [6.07, 6.45) is 1.85. The van der Waals surface area contributed by atoms with Crippen molar-refractivity contribution in [3.63, 3.8) is 0 Å². The molecule has 0 aromatic heterocycles. The Labute approximate surface area is 88.5 Å². The number of hydrogen-bond acceptors (Lipinski definition) is 1. The molecule has 0 bridgehead atoms. The Hall–Kier alpha value is -0.960. The maximum atomic E-state index is 13.8. The molecule has 1 nitrogen and oxygen atoms in total. The Morgan fingerprint density at radius 2 is 2.13 bits per heavy atom. The molecule has 1 aliphatic heterocycles. The maximum Gasteiger partial charge on any atom is 0.132 e. The van der Waals surface area contributed by atoms with E-state index >= 15 is 0 Å². The monoisotopic (exact) mass is 211 g/mol. The minimum atomic E-state index is -0.410. The molecule has 1 N–H and O–H groups in total. The van der Waals surface area contributed by atoms with Gasteiger partial charge in [-0.05, 0) is 37.9 Å². The molecule has 1 unspecified atom stereocenters. The average molecular weight is 211 g/mol. The first kappa shape index (κ1) is 10.6. The first-order chi connectivity index (χ1) is 7.20. The van der Waals surface area contributed by atoms with Crippen LogP contribution in [0, 0.1) is 18.6 Å². The Morgan fingerprint density at radius 1 is 1.33 bits per heavy atom. The Balaban J connectivity index is 2.36. The third-order valence-corrected chi connectivity index (χ3v) is 3.02. The molecule has 1 aromatic carbocycles. The molecule has 1 atom stereocenters. The van der Waals surface area contributed by atoms with E-state index < -0.39 is 5.82 Å². The van der Waals surface area contributed by atoms with Gasteiger partial charge >= 0.3 is 0 Å². The summed E-state index contributed by atoms with van der Waals surface area (Å²) in [5, 5.41) is 3.17. The lowest BCUT2D eigenvalue weighted by atomic mass is 9.90. The van der Waals surface area contributed by atoms with Crippen LogP contribution in [0.5, 0.6) is 0 Å². The minimum Gasteiger partial charge on any atom is -0.316 e. The largest absolute Gasteiger partial charge is 0.316 e. The number of rotatable bonds is 1. The SMILES string of the molecule is Cc1ccc(F)c(C2CCCNC2)c1F. The molecule has 15 heavy (non-hydrogen) atoms. The van der Waals surface area contributed by atoms with Gasteiger partial charge in [-0.3, -0.25) is 0 Å². The molecule has 1 saturated heterocycles. The molecule has 0 amide bonds. The van der Waals surface area contributed by atoms with E-state index in [0.29, 0.717) is 12.1 Å². The van der Waals surface area contributed by atoms with Crippen molar-refractivity contribution in [2.45, 2.75) is 25.7 Å². The number of aryl methyl sites for hydroxylation is 1. The summed E-state index contributed by atoms with van der Waals surface area (Å²) in [6.45, 7) is 3.30. The van der Waals surface area contributed by atoms with Gasteiger partial charge in [0, 0.05) is 18.0 Å². The number of benzene rings is 1. The molecule has 3 heteroatoms. The van der Waals surface area contributed by atoms with Gasteiger partial charge in [0.15, 0.2) is 0 Å². The molecule has 2 rings (SSSR count). The average Bonchev–Trinajstić information content (AvgIpc) is 2.26. The van der Waals surface area contributed by atoms with Crippen molar-refractivity contribution in [1.29, 1.82) is 0 Å². The number of halogens is 2. The highest BCUT2D eigenvalue weighted by molar-refractivity contribution is 5.30. The predicted molar refractivity (Wildman–Crippen MR) is 55.9 cm³/mol. The predicted octanol–water partition coefficient (Wildman–Crippen LogP) is 2.74. The second kappa shape index (κ2) is 4.27. The maximum absolute atomic E-state index is 13.8. The van der Waals surface area contributed by atoms with Crippen molar-refractivity contribution < 1.29 is 8.78 Å². The fourth-order valence-corrected chi connectivity index (χ4v) is 2.15. The van der Waals surface area contributed by atoms with Gasteiger partial charge in [0.05, 0.1) is 0 Å². The van der Waals surface area contributed by atoms with Crippen molar-refractivity contribution in [2.24, 2.45) is 0 Å². The molecular weight excluding hydrogens is 196 g/mol. The first-order valence-corrected chi connectivity index (χ1v) is 5.35. The van der Waals surface area contributed by atoms with E-state index in [4.69, 9.17) is 0 Å². The zero-order chi connectivity index (χ0) is 10.8. The number of nitrogens with one attached hydrogen (secondary N) is 1. The molecule has 0 aliphatic carbocycles. The van der Waals surface area contributed by atoms with E-state index in [1.165, 1.54) is 12.1 Å². The van der Waals surface area contributed by atoms with Gasteiger partial charge in [0.2, 0.25) is 0 Å². The summed E-state index contributed by atoms with van der Waals surface area (Å²) in [6, 6.07) is 2.85. The Morgan fingerprint density at radius 3 is 2.80 bits per heavy atom. The summed E-state index contributed by atoms with van der Waals surface area (Å²) in [7, 11) is 0. The van der Waals surface area contributed by atoms with E-state index in [1.807, 2.05) is 0 Å². The summed E-state index contributed by atoms with van der Waals surface area (Å²) in [5.74, 6) is -0.797. The van der Waals surface area contributed by atoms with Crippen LogP contribution in [0.25, 0.3) is 0 Å². The van der Waals surface area contributed by atoms with Gasteiger partial charge in [-0.25, -0.2) is 8.78 Å². The molecule has 1 aromatic rings. The molecule has 0 saturated carbocycles. The minimum absolute atomic E-state index is 0.0151. The van der Waals surface area contributed by atoms with Crippen LogP contribution in [-0.2, 0) is 0 Å². The lowest BCUT2D eigenvalue weighted by Crippen LogP contribution is -2.29. The Bertz CT molecular complexity index is 357. The van der Waals surface area contributed by atoms with E-state index in [1.54, 1.807) is 6.92 Å². The van der Waals surface area contributed by atoms with Crippen LogP contribution in [0.1, 0.15) is 29.9 Å². The molecule has 1 aliphatic rings. The second-order valence-electron chi connectivity index (χ2n) is 4.14. The van der Waals surface area contributed by atoms with Crippen LogP contribution < -0.4 is 5.32 Å². The molecule has 1 fully saturated rings. The van der Waals surface area contributed by atoms with Crippen molar-refractivity contribution in [3.05, 3.63) is 34.9 Å². The highest BCUT2D eigenvalue weighted by atomic mass is 19.1. The van der Waals surface area contributed by atoms with Crippen molar-refractivity contribution in [2.75, 3.05) is 13.1 Å². The standard InChI is InChI=1S/C12H15F2N/c1-8-4-5-10(13)11(12(8)14)9-3-2-6-15-7-9/h4-5,9,15H,2-3,6-7H2,1H3. The lowest BCUT2D eigenvalue weighted by molar-refractivity contribution is 0.427. The van der Waals surface area contributed by atoms with Gasteiger partial charge in [0.1, 0.15) is 11.6 Å². The van der Waals surface area contributed by atoms with Crippen LogP contribution in [-0.4, -0.2) is 13.1 Å². The summed E-state index contributed by atoms with van der Waals surface area (Å²) >= 11 is 0. The van der Waals surface area contributed by atoms with Crippen molar-refractivity contribution in [1.82, 2.24) is 5.32 Å². The molecule has 82 valence electrons. The second-order valence-corrected chi connectivity index (χ2v) is 4.14. The van der Waals surface area contributed by atoms with Gasteiger partial charge in [-0.1, -0.05) is 6.07 Å². The van der Waals surface area contributed by atoms with E-state index in [9.17, 15) is 8.78 Å². The van der Waals surface area contributed by atoms with Gasteiger partial charge in [-0.15, -0.1) is 0 Å². The lowest BCUT2D eigenvalue weighted by Gasteiger charge is -2.24. The summed E-state index contributed by atoms with van der Waals surface area (Å²) in [4.78, 5) is 0. The van der Waals surface area contributed by atoms with Gasteiger partial charge < -0.3 is 5.32 Å². The zero-order valence-corrected chi connectivity index (χ0v) is 8.82. The van der Waals surface area contributed by atoms with E-state index in [2.05, 4.69) is 5.32 Å². The van der Waals surface area contributed by atoms with Crippen LogP contribution in [0.3, 0.4) is 0 Å². The molecule has 0 radical (unpaired) electrons.